The molecule has 0 unspecified atom stereocenters. The van der Waals surface area contributed by atoms with Gasteiger partial charge in [-0.25, -0.2) is 25.2 Å². The van der Waals surface area contributed by atoms with Gasteiger partial charge in [0.2, 0.25) is 11.7 Å². The van der Waals surface area contributed by atoms with Gasteiger partial charge in [0.05, 0.1) is 19.1 Å². The Bertz CT molecular complexity index is 1390. The summed E-state index contributed by atoms with van der Waals surface area (Å²) in [6, 6.07) is 9.62. The number of carbonyl (C=O) groups is 1. The fourth-order valence-electron chi connectivity index (χ4n) is 3.68. The number of hydrogen-bond donors (Lipinski definition) is 5. The van der Waals surface area contributed by atoms with E-state index in [9.17, 15) is 20.1 Å². The van der Waals surface area contributed by atoms with Crippen LogP contribution in [0.15, 0.2) is 58.5 Å². The van der Waals surface area contributed by atoms with E-state index in [1.807, 2.05) is 0 Å². The lowest BCUT2D eigenvalue weighted by Gasteiger charge is -2.18. The van der Waals surface area contributed by atoms with E-state index in [0.29, 0.717) is 11.3 Å². The summed E-state index contributed by atoms with van der Waals surface area (Å²) < 4.78 is 17.3. The lowest BCUT2D eigenvalue weighted by atomic mass is 10.1. The average Bonchev–Trinajstić information content (AvgIpc) is 3.60. The molecule has 0 saturated carbocycles. The SMILES string of the molecule is Nc1ncnc2c1nc(NN=Cc1ccc(OC(=O)c3ccco3)cc1)n2[C@H]1O[C@@H](CO)[C@H](O)[C@@H]1O. The monoisotopic (exact) mass is 495 g/mol. The van der Waals surface area contributed by atoms with E-state index in [-0.39, 0.29) is 28.7 Å². The topological polar surface area (TPSA) is 203 Å². The van der Waals surface area contributed by atoms with E-state index < -0.39 is 37.1 Å². The molecule has 1 fully saturated rings. The molecule has 6 N–H and O–H groups in total. The number of aliphatic hydroxyl groups excluding tert-OH is 3. The van der Waals surface area contributed by atoms with Crippen molar-refractivity contribution >= 4 is 35.1 Å². The van der Waals surface area contributed by atoms with Gasteiger partial charge in [0.1, 0.15) is 30.4 Å². The lowest BCUT2D eigenvalue weighted by Crippen LogP contribution is -2.33. The van der Waals surface area contributed by atoms with E-state index in [2.05, 4.69) is 25.5 Å². The van der Waals surface area contributed by atoms with Crippen LogP contribution in [-0.2, 0) is 4.74 Å². The number of aromatic nitrogens is 4. The first-order valence-electron chi connectivity index (χ1n) is 10.7. The maximum atomic E-state index is 12.0. The van der Waals surface area contributed by atoms with Crippen molar-refractivity contribution in [3.63, 3.8) is 0 Å². The third-order valence-corrected chi connectivity index (χ3v) is 5.47. The summed E-state index contributed by atoms with van der Waals surface area (Å²) in [6.45, 7) is -0.494. The second-order valence-electron chi connectivity index (χ2n) is 7.77. The van der Waals surface area contributed by atoms with Gasteiger partial charge in [0, 0.05) is 0 Å². The van der Waals surface area contributed by atoms with Crippen molar-refractivity contribution in [3.8, 4) is 5.75 Å². The number of nitrogen functional groups attached to an aromatic ring is 1. The van der Waals surface area contributed by atoms with Crippen LogP contribution in [0.1, 0.15) is 22.3 Å². The number of benzene rings is 1. The van der Waals surface area contributed by atoms with Crippen LogP contribution < -0.4 is 15.9 Å². The van der Waals surface area contributed by atoms with Crippen LogP contribution in [0.25, 0.3) is 11.2 Å². The number of aliphatic hydroxyl groups is 3. The highest BCUT2D eigenvalue weighted by Crippen LogP contribution is 2.35. The Hall–Kier alpha value is -4.37. The summed E-state index contributed by atoms with van der Waals surface area (Å²) >= 11 is 0. The molecule has 1 aromatic carbocycles. The molecular formula is C22H21N7O7. The highest BCUT2D eigenvalue weighted by Gasteiger charge is 2.45. The molecular weight excluding hydrogens is 474 g/mol. The minimum Gasteiger partial charge on any atom is -0.457 e. The van der Waals surface area contributed by atoms with Crippen LogP contribution in [0, 0.1) is 0 Å². The number of imidazole rings is 1. The molecule has 1 saturated heterocycles. The highest BCUT2D eigenvalue weighted by molar-refractivity contribution is 5.88. The third kappa shape index (κ3) is 4.36. The van der Waals surface area contributed by atoms with Crippen LogP contribution in [0.5, 0.6) is 5.75 Å². The average molecular weight is 495 g/mol. The molecule has 1 aliphatic heterocycles. The summed E-state index contributed by atoms with van der Waals surface area (Å²) in [5.74, 6) is -0.00677. The molecule has 4 aromatic rings. The second-order valence-corrected chi connectivity index (χ2v) is 7.77. The number of nitrogens with one attached hydrogen (secondary N) is 1. The Morgan fingerprint density at radius 3 is 2.72 bits per heavy atom. The Balaban J connectivity index is 1.35. The van der Waals surface area contributed by atoms with Crippen molar-refractivity contribution in [2.75, 3.05) is 17.8 Å². The van der Waals surface area contributed by atoms with Gasteiger partial charge >= 0.3 is 5.97 Å². The minimum atomic E-state index is -1.38. The smallest absolute Gasteiger partial charge is 0.379 e. The maximum Gasteiger partial charge on any atom is 0.379 e. The van der Waals surface area contributed by atoms with Crippen LogP contribution in [-0.4, -0.2) is 71.9 Å². The number of ether oxygens (including phenoxy) is 2. The van der Waals surface area contributed by atoms with Gasteiger partial charge in [0.25, 0.3) is 0 Å². The fraction of sp³-hybridized carbons (Fsp3) is 0.227. The van der Waals surface area contributed by atoms with Gasteiger partial charge in [-0.3, -0.25) is 4.57 Å². The predicted molar refractivity (Wildman–Crippen MR) is 124 cm³/mol. The van der Waals surface area contributed by atoms with E-state index in [4.69, 9.17) is 19.6 Å². The molecule has 4 atom stereocenters. The van der Waals surface area contributed by atoms with E-state index in [0.717, 1.165) is 0 Å². The van der Waals surface area contributed by atoms with Crippen LogP contribution in [0.2, 0.25) is 0 Å². The Kier molecular flexibility index (Phi) is 6.30. The number of fused-ring (bicyclic) bond motifs is 1. The normalized spacial score (nSPS) is 21.9. The van der Waals surface area contributed by atoms with Crippen molar-refractivity contribution in [1.82, 2.24) is 19.5 Å². The molecule has 186 valence electrons. The number of nitrogens with two attached hydrogens (primary N) is 1. The Morgan fingerprint density at radius 2 is 2.03 bits per heavy atom. The Morgan fingerprint density at radius 1 is 1.22 bits per heavy atom. The second kappa shape index (κ2) is 9.71. The van der Waals surface area contributed by atoms with Crippen molar-refractivity contribution in [2.45, 2.75) is 24.5 Å². The summed E-state index contributed by atoms with van der Waals surface area (Å²) in [7, 11) is 0. The molecule has 0 bridgehead atoms. The molecule has 14 nitrogen and oxygen atoms in total. The molecule has 0 spiro atoms. The van der Waals surface area contributed by atoms with Crippen LogP contribution in [0.3, 0.4) is 0 Å². The van der Waals surface area contributed by atoms with E-state index in [1.165, 1.54) is 29.4 Å². The van der Waals surface area contributed by atoms with Crippen LogP contribution >= 0.6 is 0 Å². The Labute approximate surface area is 202 Å². The lowest BCUT2D eigenvalue weighted by molar-refractivity contribution is -0.0501. The molecule has 1 aliphatic rings. The fourth-order valence-corrected chi connectivity index (χ4v) is 3.68. The van der Waals surface area contributed by atoms with E-state index >= 15 is 0 Å². The number of rotatable bonds is 7. The summed E-state index contributed by atoms with van der Waals surface area (Å²) in [6.07, 6.45) is -0.746. The van der Waals surface area contributed by atoms with Crippen molar-refractivity contribution in [2.24, 2.45) is 5.10 Å². The van der Waals surface area contributed by atoms with Crippen molar-refractivity contribution < 1.29 is 34.0 Å². The van der Waals surface area contributed by atoms with Gasteiger partial charge in [-0.2, -0.15) is 5.10 Å². The number of esters is 1. The number of carbonyl (C=O) groups excluding carboxylic acids is 1. The first-order chi connectivity index (χ1) is 17.5. The number of hydrazone groups is 1. The summed E-state index contributed by atoms with van der Waals surface area (Å²) in [5.41, 5.74) is 9.81. The molecule has 4 heterocycles. The molecule has 0 amide bonds. The zero-order valence-corrected chi connectivity index (χ0v) is 18.5. The largest absolute Gasteiger partial charge is 0.457 e. The van der Waals surface area contributed by atoms with Gasteiger partial charge in [-0.05, 0) is 42.0 Å². The zero-order chi connectivity index (χ0) is 25.2. The van der Waals surface area contributed by atoms with Gasteiger partial charge < -0.3 is 34.9 Å². The molecule has 0 radical (unpaired) electrons. The molecule has 14 heteroatoms. The first kappa shape index (κ1) is 23.4. The quantitative estimate of drug-likeness (QED) is 0.101. The van der Waals surface area contributed by atoms with Crippen molar-refractivity contribution in [3.05, 3.63) is 60.3 Å². The minimum absolute atomic E-state index is 0.0900. The van der Waals surface area contributed by atoms with Gasteiger partial charge in [-0.15, -0.1) is 0 Å². The standard InChI is InChI=1S/C22H21N7O7/c23-18-15-19(25-10-24-18)29(20-17(32)16(31)14(9-30)36-20)22(27-15)28-26-8-11-3-5-12(6-4-11)35-21(33)13-2-1-7-34-13/h1-8,10,14,16-17,20,30-32H,9H2,(H,27,28)(H2,23,24,25)/t14-,16-,17-,20-/m0/s1. The van der Waals surface area contributed by atoms with Gasteiger partial charge in [-0.1, -0.05) is 0 Å². The van der Waals surface area contributed by atoms with Gasteiger partial charge in [0.15, 0.2) is 23.2 Å². The van der Waals surface area contributed by atoms with Crippen LogP contribution in [0.4, 0.5) is 11.8 Å². The number of nitrogens with zero attached hydrogens (tertiary/aromatic N) is 5. The number of anilines is 2. The molecule has 3 aromatic heterocycles. The van der Waals surface area contributed by atoms with Crippen molar-refractivity contribution in [1.29, 1.82) is 0 Å². The first-order valence-corrected chi connectivity index (χ1v) is 10.7. The van der Waals surface area contributed by atoms with E-state index in [1.54, 1.807) is 30.3 Å². The third-order valence-electron chi connectivity index (χ3n) is 5.47. The summed E-state index contributed by atoms with van der Waals surface area (Å²) in [4.78, 5) is 24.4. The highest BCUT2D eigenvalue weighted by atomic mass is 16.6. The molecule has 5 rings (SSSR count). The molecule has 36 heavy (non-hydrogen) atoms. The number of hydrogen-bond acceptors (Lipinski definition) is 13. The zero-order valence-electron chi connectivity index (χ0n) is 18.5. The molecule has 0 aliphatic carbocycles. The number of furan rings is 1. The predicted octanol–water partition coefficient (Wildman–Crippen LogP) is 0.278. The summed E-state index contributed by atoms with van der Waals surface area (Å²) in [5, 5.41) is 34.3. The maximum absolute atomic E-state index is 12.0.